The molecule has 0 unspecified atom stereocenters. The zero-order valence-electron chi connectivity index (χ0n) is 19.1. The zero-order valence-corrected chi connectivity index (χ0v) is 20.7. The summed E-state index contributed by atoms with van der Waals surface area (Å²) < 4.78 is 40.9. The van der Waals surface area contributed by atoms with E-state index >= 15 is 0 Å². The van der Waals surface area contributed by atoms with E-state index in [1.807, 2.05) is 30.7 Å². The van der Waals surface area contributed by atoms with E-state index in [-0.39, 0.29) is 16.7 Å². The van der Waals surface area contributed by atoms with Crippen LogP contribution in [0.15, 0.2) is 46.3 Å². The van der Waals surface area contributed by atoms with Crippen molar-refractivity contribution in [1.29, 1.82) is 0 Å². The van der Waals surface area contributed by atoms with Crippen LogP contribution in [0.25, 0.3) is 10.2 Å². The highest BCUT2D eigenvalue weighted by Crippen LogP contribution is 2.34. The van der Waals surface area contributed by atoms with E-state index < -0.39 is 10.0 Å². The van der Waals surface area contributed by atoms with Crippen molar-refractivity contribution in [2.24, 2.45) is 18.0 Å². The number of aryl methyl sites for hydroxylation is 2. The number of nitrogens with zero attached hydrogens (tertiary/aromatic N) is 3. The summed E-state index contributed by atoms with van der Waals surface area (Å²) in [6.07, 6.45) is 0.878. The number of amides is 1. The quantitative estimate of drug-likeness (QED) is 0.549. The second-order valence-electron chi connectivity index (χ2n) is 8.03. The molecule has 3 aromatic rings. The van der Waals surface area contributed by atoms with E-state index in [9.17, 15) is 13.2 Å². The highest BCUT2D eigenvalue weighted by Gasteiger charge is 2.32. The molecular formula is C23H27N3O5S2. The average molecular weight is 490 g/mol. The first-order chi connectivity index (χ1) is 15.8. The number of piperidine rings is 1. The maximum atomic E-state index is 13.0. The Bertz CT molecular complexity index is 1350. The van der Waals surface area contributed by atoms with Gasteiger partial charge in [-0.3, -0.25) is 4.79 Å². The number of aromatic nitrogens is 1. The normalized spacial score (nSPS) is 16.3. The van der Waals surface area contributed by atoms with Crippen LogP contribution in [0, 0.1) is 12.8 Å². The van der Waals surface area contributed by atoms with E-state index in [1.54, 1.807) is 38.5 Å². The van der Waals surface area contributed by atoms with Crippen LogP contribution in [0.3, 0.4) is 0 Å². The number of benzene rings is 2. The van der Waals surface area contributed by atoms with Crippen molar-refractivity contribution in [2.75, 3.05) is 27.3 Å². The largest absolute Gasteiger partial charge is 0.495 e. The molecule has 1 aromatic heterocycles. The van der Waals surface area contributed by atoms with E-state index in [4.69, 9.17) is 9.47 Å². The van der Waals surface area contributed by atoms with E-state index in [2.05, 4.69) is 4.99 Å². The lowest BCUT2D eigenvalue weighted by Crippen LogP contribution is -2.40. The molecule has 0 saturated carbocycles. The number of thiazole rings is 1. The first kappa shape index (κ1) is 23.5. The molecule has 2 heterocycles. The van der Waals surface area contributed by atoms with E-state index in [0.29, 0.717) is 42.2 Å². The molecule has 0 aliphatic carbocycles. The smallest absolute Gasteiger partial charge is 0.251 e. The Labute approximate surface area is 197 Å². The Kier molecular flexibility index (Phi) is 6.60. The molecule has 1 fully saturated rings. The molecule has 0 bridgehead atoms. The van der Waals surface area contributed by atoms with Crippen LogP contribution in [0.4, 0.5) is 0 Å². The number of fused-ring (bicyclic) bond motifs is 1. The van der Waals surface area contributed by atoms with Gasteiger partial charge in [0.2, 0.25) is 10.0 Å². The van der Waals surface area contributed by atoms with Gasteiger partial charge in [-0.1, -0.05) is 29.0 Å². The Morgan fingerprint density at radius 3 is 2.24 bits per heavy atom. The molecule has 2 aromatic carbocycles. The lowest BCUT2D eigenvalue weighted by molar-refractivity contribution is -0.122. The van der Waals surface area contributed by atoms with Gasteiger partial charge in [0.1, 0.15) is 21.7 Å². The van der Waals surface area contributed by atoms with Gasteiger partial charge in [0.05, 0.1) is 19.1 Å². The molecule has 1 aliphatic heterocycles. The van der Waals surface area contributed by atoms with Crippen molar-refractivity contribution in [3.63, 3.8) is 0 Å². The van der Waals surface area contributed by atoms with Crippen LogP contribution >= 0.6 is 11.3 Å². The van der Waals surface area contributed by atoms with Gasteiger partial charge in [0.15, 0.2) is 4.80 Å². The van der Waals surface area contributed by atoms with Crippen molar-refractivity contribution < 1.29 is 22.7 Å². The molecule has 0 atom stereocenters. The number of methoxy groups -OCH3 is 2. The first-order valence-electron chi connectivity index (χ1n) is 10.6. The molecule has 176 valence electrons. The Morgan fingerprint density at radius 1 is 1.03 bits per heavy atom. The summed E-state index contributed by atoms with van der Waals surface area (Å²) in [5.74, 6) is 0.814. The topological polar surface area (TPSA) is 90.2 Å². The van der Waals surface area contributed by atoms with Crippen molar-refractivity contribution in [2.45, 2.75) is 24.7 Å². The van der Waals surface area contributed by atoms with Gasteiger partial charge < -0.3 is 14.0 Å². The second-order valence-corrected chi connectivity index (χ2v) is 10.9. The molecule has 0 radical (unpaired) electrons. The molecule has 8 nitrogen and oxygen atoms in total. The molecule has 1 amide bonds. The number of carbonyl (C=O) groups is 1. The van der Waals surface area contributed by atoms with Gasteiger partial charge >= 0.3 is 0 Å². The highest BCUT2D eigenvalue weighted by atomic mass is 32.2. The zero-order chi connectivity index (χ0) is 23.8. The monoisotopic (exact) mass is 489 g/mol. The van der Waals surface area contributed by atoms with Crippen LogP contribution in [0.5, 0.6) is 11.5 Å². The Balaban J connectivity index is 1.54. The van der Waals surface area contributed by atoms with Crippen molar-refractivity contribution in [3.8, 4) is 11.5 Å². The molecule has 10 heteroatoms. The molecule has 33 heavy (non-hydrogen) atoms. The summed E-state index contributed by atoms with van der Waals surface area (Å²) in [5, 5.41) is 0. The van der Waals surface area contributed by atoms with Gasteiger partial charge in [-0.05, 0) is 44.0 Å². The Hall–Kier alpha value is -2.69. The summed E-state index contributed by atoms with van der Waals surface area (Å²) in [6, 6.07) is 10.5. The molecule has 0 spiro atoms. The number of hydrogen-bond donors (Lipinski definition) is 0. The summed E-state index contributed by atoms with van der Waals surface area (Å²) in [6.45, 7) is 2.50. The second kappa shape index (κ2) is 9.28. The van der Waals surface area contributed by atoms with E-state index in [0.717, 1.165) is 15.8 Å². The molecule has 1 aliphatic rings. The molecule has 0 N–H and O–H groups in total. The predicted octanol–water partition coefficient (Wildman–Crippen LogP) is 3.09. The average Bonchev–Trinajstić information content (AvgIpc) is 3.15. The number of ether oxygens (including phenoxy) is 2. The van der Waals surface area contributed by atoms with Crippen molar-refractivity contribution in [1.82, 2.24) is 8.87 Å². The maximum Gasteiger partial charge on any atom is 0.251 e. The third kappa shape index (κ3) is 4.42. The summed E-state index contributed by atoms with van der Waals surface area (Å²) >= 11 is 1.36. The molecule has 4 rings (SSSR count). The fourth-order valence-electron chi connectivity index (χ4n) is 4.02. The summed E-state index contributed by atoms with van der Waals surface area (Å²) in [5.41, 5.74) is 1.82. The van der Waals surface area contributed by atoms with Gasteiger partial charge in [-0.15, -0.1) is 0 Å². The van der Waals surface area contributed by atoms with Crippen LogP contribution in [-0.2, 0) is 21.9 Å². The van der Waals surface area contributed by atoms with Gasteiger partial charge in [-0.2, -0.15) is 9.30 Å². The number of rotatable bonds is 5. The third-order valence-electron chi connectivity index (χ3n) is 5.98. The van der Waals surface area contributed by atoms with E-state index in [1.165, 1.54) is 15.6 Å². The van der Waals surface area contributed by atoms with Gasteiger partial charge in [0, 0.05) is 26.1 Å². The fourth-order valence-corrected chi connectivity index (χ4v) is 6.62. The number of carbonyl (C=O) groups excluding carboxylic acids is 1. The fraction of sp³-hybridized carbons (Fsp3) is 0.391. The number of sulfonamides is 1. The van der Waals surface area contributed by atoms with Crippen LogP contribution in [-0.4, -0.2) is 50.5 Å². The minimum atomic E-state index is -3.56. The number of hydrogen-bond acceptors (Lipinski definition) is 6. The Morgan fingerprint density at radius 2 is 1.64 bits per heavy atom. The highest BCUT2D eigenvalue weighted by molar-refractivity contribution is 7.89. The minimum Gasteiger partial charge on any atom is -0.495 e. The predicted molar refractivity (Wildman–Crippen MR) is 127 cm³/mol. The van der Waals surface area contributed by atoms with Gasteiger partial charge in [-0.25, -0.2) is 8.42 Å². The first-order valence-corrected chi connectivity index (χ1v) is 12.9. The molecule has 1 saturated heterocycles. The van der Waals surface area contributed by atoms with Crippen molar-refractivity contribution >= 4 is 37.5 Å². The molecular weight excluding hydrogens is 462 g/mol. The lowest BCUT2D eigenvalue weighted by atomic mass is 9.98. The van der Waals surface area contributed by atoms with Crippen molar-refractivity contribution in [3.05, 3.63) is 46.8 Å². The SMILES string of the molecule is COc1ccc(OC)c2c1sc(=NC(=O)C1CCN(S(=O)(=O)c3ccc(C)cc3)CC1)n2C. The lowest BCUT2D eigenvalue weighted by Gasteiger charge is -2.29. The maximum absolute atomic E-state index is 13.0. The van der Waals surface area contributed by atoms with Crippen LogP contribution < -0.4 is 14.3 Å². The summed E-state index contributed by atoms with van der Waals surface area (Å²) in [4.78, 5) is 18.2. The minimum absolute atomic E-state index is 0.234. The third-order valence-corrected chi connectivity index (χ3v) is 9.04. The van der Waals surface area contributed by atoms with Gasteiger partial charge in [0.25, 0.3) is 5.91 Å². The summed E-state index contributed by atoms with van der Waals surface area (Å²) in [7, 11) is 1.47. The standard InChI is InChI=1S/C23H27N3O5S2/c1-15-5-7-17(8-6-15)33(28,29)26-13-11-16(12-14-26)22(27)24-23-25(2)20-18(30-3)9-10-19(31-4)21(20)32-23/h5-10,16H,11-14H2,1-4H3. The van der Waals surface area contributed by atoms with Crippen LogP contribution in [0.1, 0.15) is 18.4 Å². The van der Waals surface area contributed by atoms with Crippen LogP contribution in [0.2, 0.25) is 0 Å².